The van der Waals surface area contributed by atoms with Gasteiger partial charge in [0, 0.05) is 24.5 Å². The number of hydrogen-bond donors (Lipinski definition) is 1. The van der Waals surface area contributed by atoms with Crippen molar-refractivity contribution in [3.63, 3.8) is 0 Å². The van der Waals surface area contributed by atoms with E-state index >= 15 is 0 Å². The van der Waals surface area contributed by atoms with Crippen molar-refractivity contribution in [3.8, 4) is 11.5 Å². The number of rotatable bonds is 10. The van der Waals surface area contributed by atoms with E-state index < -0.39 is 0 Å². The summed E-state index contributed by atoms with van der Waals surface area (Å²) < 4.78 is 13.1. The van der Waals surface area contributed by atoms with Gasteiger partial charge < -0.3 is 14.8 Å². The van der Waals surface area contributed by atoms with Crippen LogP contribution in [0.3, 0.4) is 0 Å². The van der Waals surface area contributed by atoms with E-state index in [2.05, 4.69) is 10.4 Å². The predicted molar refractivity (Wildman–Crippen MR) is 109 cm³/mol. The number of carbonyl (C=O) groups excluding carboxylic acids is 1. The van der Waals surface area contributed by atoms with E-state index in [0.29, 0.717) is 38.3 Å². The summed E-state index contributed by atoms with van der Waals surface area (Å²) in [7, 11) is 0. The molecule has 0 aliphatic heterocycles. The average molecular weight is 379 g/mol. The molecule has 1 heterocycles. The Bertz CT molecular complexity index is 878. The maximum absolute atomic E-state index is 12.2. The molecular weight excluding hydrogens is 354 g/mol. The molecule has 146 valence electrons. The molecule has 6 heteroatoms. The van der Waals surface area contributed by atoms with Crippen LogP contribution in [0.15, 0.2) is 67.0 Å². The van der Waals surface area contributed by atoms with Crippen molar-refractivity contribution in [2.45, 2.75) is 26.3 Å². The Balaban J connectivity index is 1.43. The molecule has 0 radical (unpaired) electrons. The molecule has 0 saturated carbocycles. The highest BCUT2D eigenvalue weighted by Gasteiger charge is 2.06. The normalized spacial score (nSPS) is 10.5. The van der Waals surface area contributed by atoms with Crippen LogP contribution in [0.25, 0.3) is 0 Å². The monoisotopic (exact) mass is 379 g/mol. The van der Waals surface area contributed by atoms with Crippen LogP contribution in [0.4, 0.5) is 5.69 Å². The van der Waals surface area contributed by atoms with Crippen LogP contribution in [0.1, 0.15) is 25.3 Å². The van der Waals surface area contributed by atoms with E-state index in [1.807, 2.05) is 72.4 Å². The number of hydrogen-bond acceptors (Lipinski definition) is 4. The third-order valence-corrected chi connectivity index (χ3v) is 4.07. The number of para-hydroxylation sites is 2. The van der Waals surface area contributed by atoms with Gasteiger partial charge in [-0.3, -0.25) is 9.48 Å². The van der Waals surface area contributed by atoms with Gasteiger partial charge in [-0.25, -0.2) is 0 Å². The summed E-state index contributed by atoms with van der Waals surface area (Å²) in [5.41, 5.74) is 1.87. The minimum Gasteiger partial charge on any atom is -0.490 e. The lowest BCUT2D eigenvalue weighted by atomic mass is 10.2. The van der Waals surface area contributed by atoms with Crippen molar-refractivity contribution in [3.05, 3.63) is 72.6 Å². The maximum atomic E-state index is 12.2. The standard InChI is InChI=1S/C22H25N3O3/c1-2-27-20-10-3-4-11-21(20)28-15-6-12-22(26)24-19-9-5-8-18(16-19)17-25-14-7-13-23-25/h3-5,7-11,13-14,16H,2,6,12,15,17H2,1H3,(H,24,26). The van der Waals surface area contributed by atoms with Crippen molar-refractivity contribution >= 4 is 11.6 Å². The molecule has 0 saturated heterocycles. The number of amides is 1. The molecule has 1 N–H and O–H groups in total. The van der Waals surface area contributed by atoms with Crippen LogP contribution in [0, 0.1) is 0 Å². The van der Waals surface area contributed by atoms with Crippen molar-refractivity contribution in [2.75, 3.05) is 18.5 Å². The zero-order valence-corrected chi connectivity index (χ0v) is 16.0. The zero-order chi connectivity index (χ0) is 19.6. The molecule has 0 fully saturated rings. The van der Waals surface area contributed by atoms with Crippen molar-refractivity contribution < 1.29 is 14.3 Å². The third-order valence-electron chi connectivity index (χ3n) is 4.07. The highest BCUT2D eigenvalue weighted by atomic mass is 16.5. The highest BCUT2D eigenvalue weighted by Crippen LogP contribution is 2.26. The Morgan fingerprint density at radius 2 is 1.89 bits per heavy atom. The van der Waals surface area contributed by atoms with E-state index in [4.69, 9.17) is 9.47 Å². The zero-order valence-electron chi connectivity index (χ0n) is 16.0. The van der Waals surface area contributed by atoms with Gasteiger partial charge in [0.15, 0.2) is 11.5 Å². The van der Waals surface area contributed by atoms with Crippen LogP contribution in [0.2, 0.25) is 0 Å². The van der Waals surface area contributed by atoms with E-state index in [9.17, 15) is 4.79 Å². The summed E-state index contributed by atoms with van der Waals surface area (Å²) >= 11 is 0. The number of nitrogens with zero attached hydrogens (tertiary/aromatic N) is 2. The number of aromatic nitrogens is 2. The first kappa shape index (κ1) is 19.5. The van der Waals surface area contributed by atoms with Crippen molar-refractivity contribution in [2.24, 2.45) is 0 Å². The third kappa shape index (κ3) is 5.87. The fourth-order valence-electron chi connectivity index (χ4n) is 2.81. The smallest absolute Gasteiger partial charge is 0.224 e. The second kappa shape index (κ2) is 10.2. The lowest BCUT2D eigenvalue weighted by Gasteiger charge is -2.11. The molecular formula is C22H25N3O3. The fraction of sp³-hybridized carbons (Fsp3) is 0.273. The number of nitrogens with one attached hydrogen (secondary N) is 1. The lowest BCUT2D eigenvalue weighted by molar-refractivity contribution is -0.116. The fourth-order valence-corrected chi connectivity index (χ4v) is 2.81. The summed E-state index contributed by atoms with van der Waals surface area (Å²) in [6.45, 7) is 3.65. The first-order chi connectivity index (χ1) is 13.7. The topological polar surface area (TPSA) is 65.4 Å². The number of ether oxygens (including phenoxy) is 2. The van der Waals surface area contributed by atoms with Gasteiger partial charge in [-0.1, -0.05) is 24.3 Å². The molecule has 3 rings (SSSR count). The molecule has 1 amide bonds. The Kier molecular flexibility index (Phi) is 7.07. The summed E-state index contributed by atoms with van der Waals surface area (Å²) in [4.78, 5) is 12.2. The molecule has 2 aromatic carbocycles. The summed E-state index contributed by atoms with van der Waals surface area (Å²) in [5.74, 6) is 1.40. The maximum Gasteiger partial charge on any atom is 0.224 e. The Morgan fingerprint density at radius 1 is 1.07 bits per heavy atom. The summed E-state index contributed by atoms with van der Waals surface area (Å²) in [5, 5.41) is 7.14. The molecule has 6 nitrogen and oxygen atoms in total. The SMILES string of the molecule is CCOc1ccccc1OCCCC(=O)Nc1cccc(Cn2cccn2)c1. The van der Waals surface area contributed by atoms with Crippen LogP contribution in [-0.2, 0) is 11.3 Å². The minimum atomic E-state index is -0.0297. The summed E-state index contributed by atoms with van der Waals surface area (Å²) in [6.07, 6.45) is 4.68. The Morgan fingerprint density at radius 3 is 2.64 bits per heavy atom. The predicted octanol–water partition coefficient (Wildman–Crippen LogP) is 4.13. The largest absolute Gasteiger partial charge is 0.490 e. The number of carbonyl (C=O) groups is 1. The Hall–Kier alpha value is -3.28. The highest BCUT2D eigenvalue weighted by molar-refractivity contribution is 5.90. The minimum absolute atomic E-state index is 0.0297. The molecule has 0 atom stereocenters. The molecule has 0 bridgehead atoms. The van der Waals surface area contributed by atoms with Crippen molar-refractivity contribution in [1.29, 1.82) is 0 Å². The van der Waals surface area contributed by atoms with Gasteiger partial charge in [0.25, 0.3) is 0 Å². The van der Waals surface area contributed by atoms with Crippen LogP contribution in [0.5, 0.6) is 11.5 Å². The second-order valence-corrected chi connectivity index (χ2v) is 6.28. The molecule has 0 aliphatic carbocycles. The molecule has 0 aliphatic rings. The van der Waals surface area contributed by atoms with Gasteiger partial charge in [-0.15, -0.1) is 0 Å². The molecule has 3 aromatic rings. The molecule has 0 unspecified atom stereocenters. The number of benzene rings is 2. The summed E-state index contributed by atoms with van der Waals surface area (Å²) in [6, 6.07) is 17.3. The van der Waals surface area contributed by atoms with Gasteiger partial charge in [-0.05, 0) is 49.2 Å². The first-order valence-corrected chi connectivity index (χ1v) is 9.45. The van der Waals surface area contributed by atoms with Crippen molar-refractivity contribution in [1.82, 2.24) is 9.78 Å². The van der Waals surface area contributed by atoms with E-state index in [1.165, 1.54) is 0 Å². The molecule has 1 aromatic heterocycles. The average Bonchev–Trinajstić information content (AvgIpc) is 3.20. The first-order valence-electron chi connectivity index (χ1n) is 9.45. The van der Waals surface area contributed by atoms with E-state index in [-0.39, 0.29) is 5.91 Å². The van der Waals surface area contributed by atoms with E-state index in [1.54, 1.807) is 6.20 Å². The lowest BCUT2D eigenvalue weighted by Crippen LogP contribution is -2.13. The van der Waals surface area contributed by atoms with Gasteiger partial charge >= 0.3 is 0 Å². The van der Waals surface area contributed by atoms with Gasteiger partial charge in [0.05, 0.1) is 19.8 Å². The Labute approximate surface area is 165 Å². The van der Waals surface area contributed by atoms with Gasteiger partial charge in [0.1, 0.15) is 0 Å². The van der Waals surface area contributed by atoms with Gasteiger partial charge in [0.2, 0.25) is 5.91 Å². The second-order valence-electron chi connectivity index (χ2n) is 6.28. The van der Waals surface area contributed by atoms with Crippen LogP contribution < -0.4 is 14.8 Å². The van der Waals surface area contributed by atoms with E-state index in [0.717, 1.165) is 17.0 Å². The van der Waals surface area contributed by atoms with Crippen LogP contribution in [-0.4, -0.2) is 28.9 Å². The van der Waals surface area contributed by atoms with Gasteiger partial charge in [-0.2, -0.15) is 5.10 Å². The quantitative estimate of drug-likeness (QED) is 0.538. The molecule has 28 heavy (non-hydrogen) atoms. The molecule has 0 spiro atoms. The number of anilines is 1. The van der Waals surface area contributed by atoms with Crippen LogP contribution >= 0.6 is 0 Å².